The predicted octanol–water partition coefficient (Wildman–Crippen LogP) is 2.30. The van der Waals surface area contributed by atoms with Crippen molar-refractivity contribution in [1.29, 1.82) is 0 Å². The fourth-order valence-corrected chi connectivity index (χ4v) is 2.05. The standard InChI is InChI=1S/C20H34O7/c1-15(2)19(23)26-11-7-5-9-17(21)13-25-14-18(22)10-6-8-12-27-20(24)16(3)4/h17-18,21-22H,1,3,5-14H2,2,4H3. The van der Waals surface area contributed by atoms with E-state index in [1.165, 1.54) is 0 Å². The fourth-order valence-electron chi connectivity index (χ4n) is 2.05. The van der Waals surface area contributed by atoms with Crippen LogP contribution in [-0.4, -0.2) is 60.8 Å². The van der Waals surface area contributed by atoms with Gasteiger partial charge >= 0.3 is 11.9 Å². The molecule has 0 fully saturated rings. The molecule has 2 unspecified atom stereocenters. The van der Waals surface area contributed by atoms with Gasteiger partial charge in [-0.15, -0.1) is 0 Å². The lowest BCUT2D eigenvalue weighted by Gasteiger charge is -2.14. The summed E-state index contributed by atoms with van der Waals surface area (Å²) in [7, 11) is 0. The second-order valence-corrected chi connectivity index (χ2v) is 6.67. The molecule has 0 spiro atoms. The first kappa shape index (κ1) is 25.3. The first-order valence-corrected chi connectivity index (χ1v) is 9.33. The Kier molecular flexibility index (Phi) is 14.4. The first-order valence-electron chi connectivity index (χ1n) is 9.33. The largest absolute Gasteiger partial charge is 0.462 e. The summed E-state index contributed by atoms with van der Waals surface area (Å²) in [6.07, 6.45) is 2.58. The Bertz CT molecular complexity index is 431. The molecule has 0 aromatic carbocycles. The summed E-state index contributed by atoms with van der Waals surface area (Å²) in [5.74, 6) is -0.802. The Morgan fingerprint density at radius 1 is 0.778 bits per heavy atom. The summed E-state index contributed by atoms with van der Waals surface area (Å²) in [5.41, 5.74) is 0.740. The summed E-state index contributed by atoms with van der Waals surface area (Å²) in [4.78, 5) is 22.3. The zero-order valence-corrected chi connectivity index (χ0v) is 16.6. The Balaban J connectivity index is 3.53. The van der Waals surface area contributed by atoms with Crippen molar-refractivity contribution in [2.24, 2.45) is 0 Å². The molecule has 0 bridgehead atoms. The number of hydrogen-bond acceptors (Lipinski definition) is 7. The molecular formula is C20H34O7. The zero-order valence-electron chi connectivity index (χ0n) is 16.6. The van der Waals surface area contributed by atoms with Gasteiger partial charge in [-0.25, -0.2) is 9.59 Å². The summed E-state index contributed by atoms with van der Waals surface area (Å²) in [6, 6.07) is 0. The van der Waals surface area contributed by atoms with Crippen molar-refractivity contribution >= 4 is 11.9 Å². The maximum atomic E-state index is 11.2. The Morgan fingerprint density at radius 2 is 1.15 bits per heavy atom. The molecule has 0 radical (unpaired) electrons. The van der Waals surface area contributed by atoms with Crippen LogP contribution < -0.4 is 0 Å². The molecule has 2 N–H and O–H groups in total. The molecule has 7 nitrogen and oxygen atoms in total. The van der Waals surface area contributed by atoms with Crippen LogP contribution in [0.2, 0.25) is 0 Å². The van der Waals surface area contributed by atoms with Crippen LogP contribution in [0, 0.1) is 0 Å². The van der Waals surface area contributed by atoms with E-state index >= 15 is 0 Å². The molecule has 7 heteroatoms. The molecule has 0 aromatic rings. The van der Waals surface area contributed by atoms with E-state index in [2.05, 4.69) is 13.2 Å². The topological polar surface area (TPSA) is 102 Å². The fraction of sp³-hybridized carbons (Fsp3) is 0.700. The number of ether oxygens (including phenoxy) is 3. The monoisotopic (exact) mass is 386 g/mol. The van der Waals surface area contributed by atoms with Crippen molar-refractivity contribution in [2.75, 3.05) is 26.4 Å². The van der Waals surface area contributed by atoms with Gasteiger partial charge in [0, 0.05) is 11.1 Å². The normalized spacial score (nSPS) is 12.9. The van der Waals surface area contributed by atoms with Gasteiger partial charge in [0.05, 0.1) is 38.6 Å². The summed E-state index contributed by atoms with van der Waals surface area (Å²) < 4.78 is 15.2. The SMILES string of the molecule is C=C(C)C(=O)OCCCCC(O)COCC(O)CCCCOC(=O)C(=C)C. The average molecular weight is 386 g/mol. The van der Waals surface area contributed by atoms with E-state index in [4.69, 9.17) is 14.2 Å². The number of aliphatic hydroxyl groups is 2. The second kappa shape index (κ2) is 15.4. The Hall–Kier alpha value is -1.70. The Labute approximate surface area is 162 Å². The maximum Gasteiger partial charge on any atom is 0.333 e. The number of carbonyl (C=O) groups is 2. The van der Waals surface area contributed by atoms with Gasteiger partial charge < -0.3 is 24.4 Å². The van der Waals surface area contributed by atoms with Gasteiger partial charge in [0.2, 0.25) is 0 Å². The third-order valence-electron chi connectivity index (χ3n) is 3.65. The van der Waals surface area contributed by atoms with Crippen LogP contribution in [0.25, 0.3) is 0 Å². The third-order valence-corrected chi connectivity index (χ3v) is 3.65. The van der Waals surface area contributed by atoms with Crippen molar-refractivity contribution in [3.8, 4) is 0 Å². The van der Waals surface area contributed by atoms with Crippen LogP contribution in [0.15, 0.2) is 24.3 Å². The molecule has 0 rings (SSSR count). The van der Waals surface area contributed by atoms with Gasteiger partial charge in [-0.3, -0.25) is 0 Å². The van der Waals surface area contributed by atoms with Crippen LogP contribution >= 0.6 is 0 Å². The number of hydrogen-bond donors (Lipinski definition) is 2. The molecule has 0 aliphatic carbocycles. The van der Waals surface area contributed by atoms with Crippen molar-refractivity contribution in [2.45, 2.75) is 64.6 Å². The van der Waals surface area contributed by atoms with E-state index in [1.807, 2.05) is 0 Å². The van der Waals surface area contributed by atoms with Crippen LogP contribution in [0.1, 0.15) is 52.4 Å². The van der Waals surface area contributed by atoms with Gasteiger partial charge in [-0.2, -0.15) is 0 Å². The lowest BCUT2D eigenvalue weighted by Crippen LogP contribution is -2.21. The van der Waals surface area contributed by atoms with Crippen molar-refractivity contribution in [3.05, 3.63) is 24.3 Å². The summed E-state index contributed by atoms with van der Waals surface area (Å²) in [5, 5.41) is 19.6. The summed E-state index contributed by atoms with van der Waals surface area (Å²) in [6.45, 7) is 11.1. The summed E-state index contributed by atoms with van der Waals surface area (Å²) >= 11 is 0. The van der Waals surface area contributed by atoms with Gasteiger partial charge in [-0.1, -0.05) is 13.2 Å². The van der Waals surface area contributed by atoms with E-state index in [0.717, 1.165) is 0 Å². The minimum absolute atomic E-state index is 0.152. The van der Waals surface area contributed by atoms with Crippen LogP contribution in [-0.2, 0) is 23.8 Å². The third kappa shape index (κ3) is 15.1. The van der Waals surface area contributed by atoms with Gasteiger partial charge in [0.15, 0.2) is 0 Å². The molecule has 0 aliphatic rings. The van der Waals surface area contributed by atoms with Crippen molar-refractivity contribution < 1.29 is 34.0 Å². The van der Waals surface area contributed by atoms with Crippen molar-refractivity contribution in [1.82, 2.24) is 0 Å². The number of esters is 2. The Morgan fingerprint density at radius 3 is 1.48 bits per heavy atom. The lowest BCUT2D eigenvalue weighted by atomic mass is 10.1. The highest BCUT2D eigenvalue weighted by atomic mass is 16.5. The number of rotatable bonds is 16. The smallest absolute Gasteiger partial charge is 0.333 e. The maximum absolute atomic E-state index is 11.2. The van der Waals surface area contributed by atoms with Gasteiger partial charge in [0.1, 0.15) is 0 Å². The second-order valence-electron chi connectivity index (χ2n) is 6.67. The van der Waals surface area contributed by atoms with Crippen LogP contribution in [0.4, 0.5) is 0 Å². The molecular weight excluding hydrogens is 352 g/mol. The first-order chi connectivity index (χ1) is 12.7. The highest BCUT2D eigenvalue weighted by Gasteiger charge is 2.09. The minimum Gasteiger partial charge on any atom is -0.462 e. The van der Waals surface area contributed by atoms with E-state index in [9.17, 15) is 19.8 Å². The van der Waals surface area contributed by atoms with E-state index in [1.54, 1.807) is 13.8 Å². The van der Waals surface area contributed by atoms with Crippen LogP contribution in [0.3, 0.4) is 0 Å². The number of aliphatic hydroxyl groups excluding tert-OH is 2. The zero-order chi connectivity index (χ0) is 20.7. The van der Waals surface area contributed by atoms with Gasteiger partial charge in [-0.05, 0) is 52.4 Å². The molecule has 2 atom stereocenters. The number of unbranched alkanes of at least 4 members (excludes halogenated alkanes) is 2. The highest BCUT2D eigenvalue weighted by Crippen LogP contribution is 2.06. The lowest BCUT2D eigenvalue weighted by molar-refractivity contribution is -0.139. The average Bonchev–Trinajstić information content (AvgIpc) is 2.60. The van der Waals surface area contributed by atoms with E-state index < -0.39 is 24.1 Å². The molecule has 156 valence electrons. The molecule has 0 amide bonds. The molecule has 27 heavy (non-hydrogen) atoms. The predicted molar refractivity (Wildman–Crippen MR) is 102 cm³/mol. The van der Waals surface area contributed by atoms with Gasteiger partial charge in [0.25, 0.3) is 0 Å². The van der Waals surface area contributed by atoms with Crippen molar-refractivity contribution in [3.63, 3.8) is 0 Å². The van der Waals surface area contributed by atoms with E-state index in [-0.39, 0.29) is 13.2 Å². The molecule has 0 saturated carbocycles. The van der Waals surface area contributed by atoms with E-state index in [0.29, 0.717) is 62.9 Å². The highest BCUT2D eigenvalue weighted by molar-refractivity contribution is 5.87. The molecule has 0 aliphatic heterocycles. The minimum atomic E-state index is -0.615. The van der Waals surface area contributed by atoms with Crippen LogP contribution in [0.5, 0.6) is 0 Å². The molecule has 0 aromatic heterocycles. The molecule has 0 heterocycles. The quantitative estimate of drug-likeness (QED) is 0.238. The molecule has 0 saturated heterocycles. The number of carbonyl (C=O) groups excluding carboxylic acids is 2.